The summed E-state index contributed by atoms with van der Waals surface area (Å²) < 4.78 is 0. The van der Waals surface area contributed by atoms with Crippen LogP contribution in [0.25, 0.3) is 0 Å². The maximum atomic E-state index is 5.67. The SMILES string of the molecule is Clc1ccc(CN2CCC2)cn1.[V]. The van der Waals surface area contributed by atoms with Crippen LogP contribution in [0.5, 0.6) is 0 Å². The van der Waals surface area contributed by atoms with Gasteiger partial charge < -0.3 is 0 Å². The third-order valence-electron chi connectivity index (χ3n) is 2.14. The second-order valence-corrected chi connectivity index (χ2v) is 3.51. The predicted octanol–water partition coefficient (Wildman–Crippen LogP) is 1.94. The first-order chi connectivity index (χ1) is 5.84. The maximum absolute atomic E-state index is 5.67. The first-order valence-electron chi connectivity index (χ1n) is 4.17. The Labute approximate surface area is 95.2 Å². The van der Waals surface area contributed by atoms with E-state index in [1.165, 1.54) is 25.1 Å². The summed E-state index contributed by atoms with van der Waals surface area (Å²) in [6.07, 6.45) is 3.18. The van der Waals surface area contributed by atoms with Gasteiger partial charge in [-0.15, -0.1) is 0 Å². The monoisotopic (exact) mass is 233 g/mol. The van der Waals surface area contributed by atoms with Gasteiger partial charge >= 0.3 is 0 Å². The number of likely N-dealkylation sites (tertiary alicyclic amines) is 1. The molecule has 0 bridgehead atoms. The third-order valence-corrected chi connectivity index (χ3v) is 2.37. The van der Waals surface area contributed by atoms with E-state index in [9.17, 15) is 0 Å². The van der Waals surface area contributed by atoms with E-state index in [1.54, 1.807) is 0 Å². The molecule has 1 aliphatic rings. The molecule has 0 spiro atoms. The quantitative estimate of drug-likeness (QED) is 0.726. The van der Waals surface area contributed by atoms with Crippen molar-refractivity contribution >= 4 is 11.6 Å². The molecule has 1 aromatic heterocycles. The molecule has 1 radical (unpaired) electrons. The molecule has 2 heterocycles. The number of hydrogen-bond acceptors (Lipinski definition) is 2. The van der Waals surface area contributed by atoms with Crippen molar-refractivity contribution in [3.05, 3.63) is 29.0 Å². The minimum absolute atomic E-state index is 0. The smallest absolute Gasteiger partial charge is 0.129 e. The molecule has 2 nitrogen and oxygen atoms in total. The molecule has 1 saturated heterocycles. The topological polar surface area (TPSA) is 16.1 Å². The average Bonchev–Trinajstić information content (AvgIpc) is 2.00. The van der Waals surface area contributed by atoms with Crippen LogP contribution >= 0.6 is 11.6 Å². The molecule has 1 aliphatic heterocycles. The van der Waals surface area contributed by atoms with Gasteiger partial charge in [-0.3, -0.25) is 4.90 Å². The molecule has 1 aromatic rings. The third kappa shape index (κ3) is 2.99. The molecular formula is C9H11ClN2V. The Balaban J connectivity index is 0.000000845. The van der Waals surface area contributed by atoms with Crippen molar-refractivity contribution in [2.45, 2.75) is 13.0 Å². The fourth-order valence-electron chi connectivity index (χ4n) is 1.30. The van der Waals surface area contributed by atoms with E-state index in [0.29, 0.717) is 5.15 Å². The Bertz CT molecular complexity index is 259. The molecule has 69 valence electrons. The maximum Gasteiger partial charge on any atom is 0.129 e. The van der Waals surface area contributed by atoms with Crippen LogP contribution in [-0.2, 0) is 25.1 Å². The minimum atomic E-state index is 0. The fraction of sp³-hybridized carbons (Fsp3) is 0.444. The number of pyridine rings is 1. The molecule has 0 aromatic carbocycles. The Morgan fingerprint density at radius 2 is 2.15 bits per heavy atom. The molecule has 1 fully saturated rings. The number of halogens is 1. The van der Waals surface area contributed by atoms with Crippen LogP contribution in [0.4, 0.5) is 0 Å². The standard InChI is InChI=1S/C9H11ClN2.V/c10-9-3-2-8(6-11-9)7-12-4-1-5-12;/h2-3,6H,1,4-5,7H2;. The van der Waals surface area contributed by atoms with Crippen LogP contribution < -0.4 is 0 Å². The van der Waals surface area contributed by atoms with Gasteiger partial charge in [0.15, 0.2) is 0 Å². The zero-order valence-electron chi connectivity index (χ0n) is 7.28. The van der Waals surface area contributed by atoms with Crippen molar-refractivity contribution in [1.82, 2.24) is 9.88 Å². The van der Waals surface area contributed by atoms with Gasteiger partial charge in [0.05, 0.1) is 0 Å². The van der Waals surface area contributed by atoms with Gasteiger partial charge in [0.2, 0.25) is 0 Å². The average molecular weight is 234 g/mol. The molecule has 0 saturated carbocycles. The van der Waals surface area contributed by atoms with E-state index < -0.39 is 0 Å². The second kappa shape index (κ2) is 5.01. The summed E-state index contributed by atoms with van der Waals surface area (Å²) in [5.41, 5.74) is 1.25. The van der Waals surface area contributed by atoms with Crippen molar-refractivity contribution in [2.24, 2.45) is 0 Å². The van der Waals surface area contributed by atoms with E-state index in [1.807, 2.05) is 18.3 Å². The van der Waals surface area contributed by atoms with Crippen LogP contribution in [0.2, 0.25) is 5.15 Å². The summed E-state index contributed by atoms with van der Waals surface area (Å²) in [5.74, 6) is 0. The van der Waals surface area contributed by atoms with Crippen molar-refractivity contribution < 1.29 is 18.6 Å². The summed E-state index contributed by atoms with van der Waals surface area (Å²) in [6, 6.07) is 3.88. The summed E-state index contributed by atoms with van der Waals surface area (Å²) in [5, 5.41) is 0.572. The molecule has 13 heavy (non-hydrogen) atoms. The summed E-state index contributed by atoms with van der Waals surface area (Å²) in [7, 11) is 0. The predicted molar refractivity (Wildman–Crippen MR) is 49.1 cm³/mol. The van der Waals surface area contributed by atoms with Crippen molar-refractivity contribution in [3.63, 3.8) is 0 Å². The Kier molecular flexibility index (Phi) is 4.27. The number of nitrogens with zero attached hydrogens (tertiary/aromatic N) is 2. The summed E-state index contributed by atoms with van der Waals surface area (Å²) in [6.45, 7) is 3.47. The van der Waals surface area contributed by atoms with Gasteiger partial charge in [-0.1, -0.05) is 17.7 Å². The van der Waals surface area contributed by atoms with Gasteiger partial charge in [-0.2, -0.15) is 0 Å². The van der Waals surface area contributed by atoms with Crippen LogP contribution in [-0.4, -0.2) is 23.0 Å². The largest absolute Gasteiger partial charge is 0.299 e. The summed E-state index contributed by atoms with van der Waals surface area (Å²) in [4.78, 5) is 6.42. The zero-order valence-corrected chi connectivity index (χ0v) is 9.43. The van der Waals surface area contributed by atoms with Gasteiger partial charge in [0.25, 0.3) is 0 Å². The van der Waals surface area contributed by atoms with E-state index in [2.05, 4.69) is 9.88 Å². The summed E-state index contributed by atoms with van der Waals surface area (Å²) >= 11 is 5.67. The second-order valence-electron chi connectivity index (χ2n) is 3.12. The Morgan fingerprint density at radius 3 is 2.62 bits per heavy atom. The van der Waals surface area contributed by atoms with Crippen LogP contribution in [0.1, 0.15) is 12.0 Å². The number of rotatable bonds is 2. The molecule has 4 heteroatoms. The molecule has 0 aliphatic carbocycles. The van der Waals surface area contributed by atoms with Gasteiger partial charge in [-0.25, -0.2) is 4.98 Å². The van der Waals surface area contributed by atoms with Crippen molar-refractivity contribution in [2.75, 3.05) is 13.1 Å². The Hall–Kier alpha value is -0.0156. The van der Waals surface area contributed by atoms with E-state index in [0.717, 1.165) is 6.54 Å². The molecule has 0 unspecified atom stereocenters. The fourth-order valence-corrected chi connectivity index (χ4v) is 1.41. The minimum Gasteiger partial charge on any atom is -0.299 e. The van der Waals surface area contributed by atoms with E-state index in [-0.39, 0.29) is 18.6 Å². The van der Waals surface area contributed by atoms with E-state index >= 15 is 0 Å². The molecule has 0 amide bonds. The van der Waals surface area contributed by atoms with Crippen molar-refractivity contribution in [3.8, 4) is 0 Å². The molecule has 0 N–H and O–H groups in total. The van der Waals surface area contributed by atoms with Crippen LogP contribution in [0.3, 0.4) is 0 Å². The number of aromatic nitrogens is 1. The normalized spacial score (nSPS) is 16.1. The van der Waals surface area contributed by atoms with Gasteiger partial charge in [0, 0.05) is 31.3 Å². The van der Waals surface area contributed by atoms with Crippen LogP contribution in [0, 0.1) is 0 Å². The first-order valence-corrected chi connectivity index (χ1v) is 4.55. The zero-order chi connectivity index (χ0) is 8.39. The number of hydrogen-bond donors (Lipinski definition) is 0. The van der Waals surface area contributed by atoms with Gasteiger partial charge in [0.1, 0.15) is 5.15 Å². The molecule has 2 rings (SSSR count). The van der Waals surface area contributed by atoms with Crippen molar-refractivity contribution in [1.29, 1.82) is 0 Å². The molecule has 0 atom stereocenters. The van der Waals surface area contributed by atoms with E-state index in [4.69, 9.17) is 11.6 Å². The first kappa shape index (κ1) is 11.1. The van der Waals surface area contributed by atoms with Gasteiger partial charge in [-0.05, 0) is 31.1 Å². The Morgan fingerprint density at radius 1 is 1.38 bits per heavy atom. The van der Waals surface area contributed by atoms with Crippen LogP contribution in [0.15, 0.2) is 18.3 Å². The molecular weight excluding hydrogens is 223 g/mol.